The number of hydrogen-bond donors (Lipinski definition) is 1. The fourth-order valence-electron chi connectivity index (χ4n) is 0.679. The molecule has 0 rings (SSSR count). The SMILES string of the molecule is CCCSCC(CC)=NOC(=O)NC. The van der Waals surface area contributed by atoms with E-state index >= 15 is 0 Å². The van der Waals surface area contributed by atoms with E-state index in [2.05, 4.69) is 22.2 Å². The Hall–Kier alpha value is -0.710. The van der Waals surface area contributed by atoms with Crippen LogP contribution in [0.15, 0.2) is 5.16 Å². The first-order valence-corrected chi connectivity index (χ1v) is 5.92. The van der Waals surface area contributed by atoms with Gasteiger partial charge >= 0.3 is 6.09 Å². The molecule has 0 radical (unpaired) electrons. The molecule has 0 unspecified atom stereocenters. The molecule has 0 heterocycles. The van der Waals surface area contributed by atoms with E-state index in [1.807, 2.05) is 6.92 Å². The second-order valence-electron chi connectivity index (χ2n) is 2.69. The summed E-state index contributed by atoms with van der Waals surface area (Å²) in [5, 5.41) is 6.11. The molecule has 4 nitrogen and oxygen atoms in total. The molecule has 0 fully saturated rings. The van der Waals surface area contributed by atoms with Gasteiger partial charge in [0, 0.05) is 12.8 Å². The minimum atomic E-state index is -0.517. The highest BCUT2D eigenvalue weighted by Gasteiger charge is 2.00. The van der Waals surface area contributed by atoms with Crippen molar-refractivity contribution in [1.29, 1.82) is 0 Å². The third-order valence-corrected chi connectivity index (χ3v) is 2.72. The summed E-state index contributed by atoms with van der Waals surface area (Å²) in [6.07, 6.45) is 1.45. The lowest BCUT2D eigenvalue weighted by Crippen LogP contribution is -2.17. The summed E-state index contributed by atoms with van der Waals surface area (Å²) in [4.78, 5) is 15.3. The van der Waals surface area contributed by atoms with Crippen LogP contribution in [0.4, 0.5) is 4.79 Å². The number of rotatable bonds is 6. The molecule has 0 atom stereocenters. The van der Waals surface area contributed by atoms with E-state index < -0.39 is 6.09 Å². The summed E-state index contributed by atoms with van der Waals surface area (Å²) in [6, 6.07) is 0. The summed E-state index contributed by atoms with van der Waals surface area (Å²) in [6.45, 7) is 4.13. The van der Waals surface area contributed by atoms with Gasteiger partial charge in [0.2, 0.25) is 0 Å². The maximum atomic E-state index is 10.7. The number of carbonyl (C=O) groups is 1. The molecule has 0 aromatic heterocycles. The van der Waals surface area contributed by atoms with Crippen molar-refractivity contribution in [3.63, 3.8) is 0 Å². The van der Waals surface area contributed by atoms with Crippen LogP contribution in [-0.2, 0) is 4.84 Å². The van der Waals surface area contributed by atoms with Crippen molar-refractivity contribution in [3.05, 3.63) is 0 Å². The van der Waals surface area contributed by atoms with Crippen LogP contribution in [0.3, 0.4) is 0 Å². The quantitative estimate of drug-likeness (QED) is 0.322. The Balaban J connectivity index is 3.80. The van der Waals surface area contributed by atoms with E-state index in [1.165, 1.54) is 7.05 Å². The Morgan fingerprint density at radius 1 is 1.50 bits per heavy atom. The molecule has 0 aromatic rings. The second-order valence-corrected chi connectivity index (χ2v) is 3.80. The minimum absolute atomic E-state index is 0.517. The van der Waals surface area contributed by atoms with E-state index in [0.29, 0.717) is 0 Å². The lowest BCUT2D eigenvalue weighted by molar-refractivity contribution is 0.153. The highest BCUT2D eigenvalue weighted by molar-refractivity contribution is 7.99. The molecule has 0 aliphatic carbocycles. The topological polar surface area (TPSA) is 50.7 Å². The highest BCUT2D eigenvalue weighted by atomic mass is 32.2. The van der Waals surface area contributed by atoms with Gasteiger partial charge in [0.1, 0.15) is 0 Å². The summed E-state index contributed by atoms with van der Waals surface area (Å²) in [7, 11) is 1.51. The van der Waals surface area contributed by atoms with Crippen LogP contribution < -0.4 is 5.32 Å². The molecule has 0 spiro atoms. The zero-order valence-electron chi connectivity index (χ0n) is 9.00. The molecule has 5 heteroatoms. The first-order valence-electron chi connectivity index (χ1n) is 4.76. The number of hydrogen-bond acceptors (Lipinski definition) is 4. The number of amides is 1. The number of carbonyl (C=O) groups excluding carboxylic acids is 1. The van der Waals surface area contributed by atoms with E-state index in [4.69, 9.17) is 0 Å². The van der Waals surface area contributed by atoms with E-state index in [-0.39, 0.29) is 0 Å². The maximum absolute atomic E-state index is 10.7. The summed E-state index contributed by atoms with van der Waals surface area (Å²) >= 11 is 1.80. The molecule has 0 aromatic carbocycles. The van der Waals surface area contributed by atoms with Gasteiger partial charge in [-0.2, -0.15) is 11.8 Å². The molecule has 0 saturated heterocycles. The number of thioether (sulfide) groups is 1. The third kappa shape index (κ3) is 6.77. The molecule has 14 heavy (non-hydrogen) atoms. The van der Waals surface area contributed by atoms with E-state index in [9.17, 15) is 4.79 Å². The van der Waals surface area contributed by atoms with Crippen molar-refractivity contribution in [2.45, 2.75) is 26.7 Å². The van der Waals surface area contributed by atoms with E-state index in [1.54, 1.807) is 11.8 Å². The average Bonchev–Trinajstić information content (AvgIpc) is 2.22. The Morgan fingerprint density at radius 3 is 2.71 bits per heavy atom. The lowest BCUT2D eigenvalue weighted by atomic mass is 10.3. The first kappa shape index (κ1) is 13.3. The maximum Gasteiger partial charge on any atom is 0.433 e. The highest BCUT2D eigenvalue weighted by Crippen LogP contribution is 2.04. The van der Waals surface area contributed by atoms with Gasteiger partial charge < -0.3 is 5.32 Å². The fourth-order valence-corrected chi connectivity index (χ4v) is 1.60. The van der Waals surface area contributed by atoms with Gasteiger partial charge in [0.25, 0.3) is 0 Å². The van der Waals surface area contributed by atoms with Gasteiger partial charge in [-0.15, -0.1) is 0 Å². The first-order chi connectivity index (χ1) is 6.74. The number of nitrogens with zero attached hydrogens (tertiary/aromatic N) is 1. The monoisotopic (exact) mass is 218 g/mol. The van der Waals surface area contributed by atoms with Crippen LogP contribution in [0.5, 0.6) is 0 Å². The predicted molar refractivity (Wildman–Crippen MR) is 60.9 cm³/mol. The van der Waals surface area contributed by atoms with Crippen molar-refractivity contribution in [1.82, 2.24) is 5.32 Å². The molecule has 0 bridgehead atoms. The largest absolute Gasteiger partial charge is 0.433 e. The van der Waals surface area contributed by atoms with Crippen LogP contribution in [0.2, 0.25) is 0 Å². The molecule has 1 amide bonds. The van der Waals surface area contributed by atoms with Gasteiger partial charge in [0.15, 0.2) is 0 Å². The van der Waals surface area contributed by atoms with Gasteiger partial charge in [-0.1, -0.05) is 19.0 Å². The van der Waals surface area contributed by atoms with Crippen molar-refractivity contribution in [3.8, 4) is 0 Å². The molecular weight excluding hydrogens is 200 g/mol. The normalized spacial score (nSPS) is 11.2. The molecule has 82 valence electrons. The van der Waals surface area contributed by atoms with Crippen molar-refractivity contribution >= 4 is 23.6 Å². The standard InChI is InChI=1S/C9H18N2O2S/c1-4-6-14-7-8(5-2)11-13-9(12)10-3/h4-7H2,1-3H3,(H,10,12). The van der Waals surface area contributed by atoms with E-state index in [0.717, 1.165) is 30.1 Å². The van der Waals surface area contributed by atoms with Gasteiger partial charge in [-0.3, -0.25) is 4.84 Å². The average molecular weight is 218 g/mol. The third-order valence-electron chi connectivity index (χ3n) is 1.49. The van der Waals surface area contributed by atoms with Crippen molar-refractivity contribution in [2.75, 3.05) is 18.6 Å². The summed E-state index contributed by atoms with van der Waals surface area (Å²) in [5.74, 6) is 1.94. The zero-order chi connectivity index (χ0) is 10.8. The van der Waals surface area contributed by atoms with Crippen LogP contribution in [0, 0.1) is 0 Å². The molecule has 0 aliphatic rings. The van der Waals surface area contributed by atoms with Gasteiger partial charge in [-0.25, -0.2) is 4.79 Å². The van der Waals surface area contributed by atoms with Crippen molar-refractivity contribution in [2.24, 2.45) is 5.16 Å². The molecule has 0 aliphatic heterocycles. The summed E-state index contributed by atoms with van der Waals surface area (Å²) < 4.78 is 0. The van der Waals surface area contributed by atoms with Crippen molar-refractivity contribution < 1.29 is 9.63 Å². The zero-order valence-corrected chi connectivity index (χ0v) is 9.82. The van der Waals surface area contributed by atoms with Crippen LogP contribution in [0.25, 0.3) is 0 Å². The summed E-state index contributed by atoms with van der Waals surface area (Å²) in [5.41, 5.74) is 0.909. The Kier molecular flexibility index (Phi) is 8.42. The Bertz CT molecular complexity index is 195. The smallest absolute Gasteiger partial charge is 0.323 e. The Morgan fingerprint density at radius 2 is 2.21 bits per heavy atom. The predicted octanol–water partition coefficient (Wildman–Crippen LogP) is 2.25. The fraction of sp³-hybridized carbons (Fsp3) is 0.778. The number of oxime groups is 1. The molecule has 1 N–H and O–H groups in total. The Labute approximate surface area is 89.5 Å². The van der Waals surface area contributed by atoms with Gasteiger partial charge in [-0.05, 0) is 18.6 Å². The lowest BCUT2D eigenvalue weighted by Gasteiger charge is -2.02. The van der Waals surface area contributed by atoms with Crippen LogP contribution in [-0.4, -0.2) is 30.4 Å². The van der Waals surface area contributed by atoms with Gasteiger partial charge in [0.05, 0.1) is 5.71 Å². The van der Waals surface area contributed by atoms with Crippen LogP contribution >= 0.6 is 11.8 Å². The van der Waals surface area contributed by atoms with Crippen LogP contribution in [0.1, 0.15) is 26.7 Å². The second kappa shape index (κ2) is 8.87. The molecular formula is C9H18N2O2S. The minimum Gasteiger partial charge on any atom is -0.323 e. The number of nitrogens with one attached hydrogen (secondary N) is 1. The molecule has 0 saturated carbocycles.